The molecule has 0 bridgehead atoms. The molecule has 0 N–H and O–H groups in total. The summed E-state index contributed by atoms with van der Waals surface area (Å²) in [5.41, 5.74) is 1.39. The molecule has 1 heteroatoms. The first-order valence-electron chi connectivity index (χ1n) is 4.40. The predicted octanol–water partition coefficient (Wildman–Crippen LogP) is 2.77. The van der Waals surface area contributed by atoms with Gasteiger partial charge in [-0.3, -0.25) is 4.99 Å². The normalized spacial score (nSPS) is 27.8. The Balaban J connectivity index is 2.36. The minimum Gasteiger partial charge on any atom is -0.286 e. The van der Waals surface area contributed by atoms with E-state index in [0.717, 1.165) is 12.8 Å². The van der Waals surface area contributed by atoms with E-state index in [9.17, 15) is 0 Å². The van der Waals surface area contributed by atoms with Crippen LogP contribution in [-0.2, 0) is 5.54 Å². The van der Waals surface area contributed by atoms with E-state index in [0.29, 0.717) is 0 Å². The third-order valence-corrected chi connectivity index (χ3v) is 2.53. The van der Waals surface area contributed by atoms with Gasteiger partial charge >= 0.3 is 0 Å². The number of benzene rings is 1. The smallest absolute Gasteiger partial charge is 0.0828 e. The van der Waals surface area contributed by atoms with Crippen LogP contribution >= 0.6 is 0 Å². The number of rotatable bonds is 1. The molecule has 1 nitrogen and oxygen atoms in total. The lowest BCUT2D eigenvalue weighted by atomic mass is 9.90. The molecule has 0 amide bonds. The fourth-order valence-corrected chi connectivity index (χ4v) is 1.69. The Kier molecular flexibility index (Phi) is 1.72. The maximum Gasteiger partial charge on any atom is 0.0828 e. The molecule has 0 radical (unpaired) electrons. The lowest BCUT2D eigenvalue weighted by Gasteiger charge is -2.20. The van der Waals surface area contributed by atoms with E-state index in [1.165, 1.54) is 5.56 Å². The molecule has 0 aromatic heterocycles. The topological polar surface area (TPSA) is 12.4 Å². The Morgan fingerprint density at radius 3 is 2.58 bits per heavy atom. The van der Waals surface area contributed by atoms with Crippen molar-refractivity contribution >= 4 is 6.21 Å². The van der Waals surface area contributed by atoms with Crippen molar-refractivity contribution in [3.63, 3.8) is 0 Å². The summed E-state index contributed by atoms with van der Waals surface area (Å²) in [5, 5.41) is 0. The van der Waals surface area contributed by atoms with E-state index in [-0.39, 0.29) is 5.54 Å². The van der Waals surface area contributed by atoms with Crippen LogP contribution in [0.1, 0.15) is 25.3 Å². The zero-order chi connectivity index (χ0) is 8.44. The number of nitrogens with zero attached hydrogens (tertiary/aromatic N) is 1. The maximum absolute atomic E-state index is 4.51. The van der Waals surface area contributed by atoms with Crippen molar-refractivity contribution in [2.75, 3.05) is 0 Å². The Hall–Kier alpha value is -1.11. The Morgan fingerprint density at radius 1 is 1.25 bits per heavy atom. The molecule has 1 heterocycles. The third kappa shape index (κ3) is 1.15. The molecule has 1 aromatic rings. The first-order chi connectivity index (χ1) is 5.81. The predicted molar refractivity (Wildman–Crippen MR) is 51.5 cm³/mol. The van der Waals surface area contributed by atoms with Gasteiger partial charge in [-0.25, -0.2) is 0 Å². The summed E-state index contributed by atoms with van der Waals surface area (Å²) in [4.78, 5) is 4.51. The van der Waals surface area contributed by atoms with Gasteiger partial charge in [0.05, 0.1) is 5.54 Å². The van der Waals surface area contributed by atoms with Crippen molar-refractivity contribution < 1.29 is 0 Å². The van der Waals surface area contributed by atoms with Gasteiger partial charge in [-0.2, -0.15) is 0 Å². The van der Waals surface area contributed by atoms with E-state index < -0.39 is 0 Å². The molecule has 1 aliphatic heterocycles. The van der Waals surface area contributed by atoms with Crippen LogP contribution in [0.25, 0.3) is 0 Å². The molecular formula is C11H13N. The number of aliphatic imine (C=N–C) groups is 1. The van der Waals surface area contributed by atoms with E-state index >= 15 is 0 Å². The van der Waals surface area contributed by atoms with Crippen molar-refractivity contribution in [1.29, 1.82) is 0 Å². The highest BCUT2D eigenvalue weighted by Gasteiger charge is 2.26. The summed E-state index contributed by atoms with van der Waals surface area (Å²) in [7, 11) is 0. The molecule has 0 aliphatic carbocycles. The summed E-state index contributed by atoms with van der Waals surface area (Å²) in [6, 6.07) is 10.5. The van der Waals surface area contributed by atoms with Crippen LogP contribution < -0.4 is 0 Å². The van der Waals surface area contributed by atoms with Crippen LogP contribution in [0.15, 0.2) is 35.3 Å². The van der Waals surface area contributed by atoms with Gasteiger partial charge in [0.25, 0.3) is 0 Å². The Bertz CT molecular complexity index is 289. The highest BCUT2D eigenvalue weighted by atomic mass is 14.9. The molecule has 0 unspecified atom stereocenters. The zero-order valence-corrected chi connectivity index (χ0v) is 7.33. The molecule has 1 atom stereocenters. The lowest BCUT2D eigenvalue weighted by Crippen LogP contribution is -2.14. The number of hydrogen-bond acceptors (Lipinski definition) is 1. The largest absolute Gasteiger partial charge is 0.286 e. The van der Waals surface area contributed by atoms with Crippen molar-refractivity contribution in [3.8, 4) is 0 Å². The van der Waals surface area contributed by atoms with E-state index in [1.807, 2.05) is 12.3 Å². The summed E-state index contributed by atoms with van der Waals surface area (Å²) in [5.74, 6) is 0. The molecule has 0 spiro atoms. The van der Waals surface area contributed by atoms with Gasteiger partial charge in [-0.1, -0.05) is 30.3 Å². The molecule has 0 saturated heterocycles. The van der Waals surface area contributed by atoms with Crippen LogP contribution in [0.4, 0.5) is 0 Å². The average Bonchev–Trinajstić information content (AvgIpc) is 2.55. The zero-order valence-electron chi connectivity index (χ0n) is 7.33. The molecule has 62 valence electrons. The van der Waals surface area contributed by atoms with Crippen molar-refractivity contribution in [1.82, 2.24) is 0 Å². The highest BCUT2D eigenvalue weighted by Crippen LogP contribution is 2.33. The average molecular weight is 159 g/mol. The van der Waals surface area contributed by atoms with Crippen LogP contribution in [-0.4, -0.2) is 6.21 Å². The maximum atomic E-state index is 4.51. The molecular weight excluding hydrogens is 146 g/mol. The van der Waals surface area contributed by atoms with Crippen LogP contribution in [0.2, 0.25) is 0 Å². The van der Waals surface area contributed by atoms with E-state index in [4.69, 9.17) is 0 Å². The minimum absolute atomic E-state index is 0.0568. The quantitative estimate of drug-likeness (QED) is 0.597. The standard InChI is InChI=1S/C11H13N/c1-11(8-5-9-12-11)10-6-3-2-4-7-10/h2-4,6-7,9H,5,8H2,1H3/t11-/m1/s1. The van der Waals surface area contributed by atoms with Crippen molar-refractivity contribution in [3.05, 3.63) is 35.9 Å². The molecule has 1 aromatic carbocycles. The fourth-order valence-electron chi connectivity index (χ4n) is 1.69. The van der Waals surface area contributed by atoms with Gasteiger partial charge in [0.2, 0.25) is 0 Å². The second kappa shape index (κ2) is 2.74. The van der Waals surface area contributed by atoms with E-state index in [1.54, 1.807) is 0 Å². The lowest BCUT2D eigenvalue weighted by molar-refractivity contribution is 0.497. The van der Waals surface area contributed by atoms with E-state index in [2.05, 4.69) is 36.2 Å². The van der Waals surface area contributed by atoms with Gasteiger partial charge in [-0.15, -0.1) is 0 Å². The van der Waals surface area contributed by atoms with Crippen LogP contribution in [0, 0.1) is 0 Å². The van der Waals surface area contributed by atoms with Crippen LogP contribution in [0.3, 0.4) is 0 Å². The second-order valence-electron chi connectivity index (χ2n) is 3.49. The van der Waals surface area contributed by atoms with Crippen molar-refractivity contribution in [2.45, 2.75) is 25.3 Å². The summed E-state index contributed by atoms with van der Waals surface area (Å²) in [6.45, 7) is 2.20. The SMILES string of the molecule is C[C@]1(c2ccccc2)CCC=N1. The van der Waals surface area contributed by atoms with Crippen molar-refractivity contribution in [2.24, 2.45) is 4.99 Å². The molecule has 1 aliphatic rings. The molecule has 12 heavy (non-hydrogen) atoms. The Morgan fingerprint density at radius 2 is 2.00 bits per heavy atom. The first-order valence-corrected chi connectivity index (χ1v) is 4.40. The van der Waals surface area contributed by atoms with Gasteiger partial charge < -0.3 is 0 Å². The van der Waals surface area contributed by atoms with Gasteiger partial charge in [0.15, 0.2) is 0 Å². The molecule has 2 rings (SSSR count). The van der Waals surface area contributed by atoms with Gasteiger partial charge in [0, 0.05) is 0 Å². The summed E-state index contributed by atoms with van der Waals surface area (Å²) < 4.78 is 0. The first kappa shape index (κ1) is 7.53. The monoisotopic (exact) mass is 159 g/mol. The molecule has 0 saturated carbocycles. The Labute approximate surface area is 73.1 Å². The fraction of sp³-hybridized carbons (Fsp3) is 0.364. The highest BCUT2D eigenvalue weighted by molar-refractivity contribution is 5.61. The molecule has 0 fully saturated rings. The van der Waals surface area contributed by atoms with Crippen LogP contribution in [0.5, 0.6) is 0 Å². The minimum atomic E-state index is 0.0568. The summed E-state index contributed by atoms with van der Waals surface area (Å²) >= 11 is 0. The third-order valence-electron chi connectivity index (χ3n) is 2.53. The van der Waals surface area contributed by atoms with Gasteiger partial charge in [-0.05, 0) is 31.5 Å². The summed E-state index contributed by atoms with van der Waals surface area (Å²) in [6.07, 6.45) is 4.30. The number of hydrogen-bond donors (Lipinski definition) is 0. The second-order valence-corrected chi connectivity index (χ2v) is 3.49. The van der Waals surface area contributed by atoms with Gasteiger partial charge in [0.1, 0.15) is 0 Å².